The van der Waals surface area contributed by atoms with Crippen LogP contribution in [0.4, 0.5) is 0 Å². The summed E-state index contributed by atoms with van der Waals surface area (Å²) in [6.07, 6.45) is 7.29. The van der Waals surface area contributed by atoms with Crippen molar-refractivity contribution in [2.75, 3.05) is 0 Å². The molecule has 0 amide bonds. The van der Waals surface area contributed by atoms with Crippen LogP contribution in [0.25, 0.3) is 0 Å². The van der Waals surface area contributed by atoms with Crippen LogP contribution in [0.1, 0.15) is 5.56 Å². The molecule has 2 aromatic rings. The predicted octanol–water partition coefficient (Wildman–Crippen LogP) is 3.03. The molecule has 1 N–H and O–H groups in total. The van der Waals surface area contributed by atoms with Crippen molar-refractivity contribution in [3.05, 3.63) is 118 Å². The maximum atomic E-state index is 10.6. The third-order valence-corrected chi connectivity index (χ3v) is 4.28. The Hall–Kier alpha value is -3.91. The van der Waals surface area contributed by atoms with Crippen LogP contribution in [-0.2, 0) is 6.54 Å². The largest absolute Gasteiger partial charge is 0.506 e. The van der Waals surface area contributed by atoms with E-state index < -0.39 is 0 Å². The lowest BCUT2D eigenvalue weighted by atomic mass is 10.1. The van der Waals surface area contributed by atoms with Gasteiger partial charge in [-0.25, -0.2) is 9.98 Å². The summed E-state index contributed by atoms with van der Waals surface area (Å²) in [5.74, 6) is 0.108. The molecule has 27 heavy (non-hydrogen) atoms. The first-order valence-corrected chi connectivity index (χ1v) is 8.51. The maximum Gasteiger partial charge on any atom is 0.175 e. The molecule has 4 rings (SSSR count). The van der Waals surface area contributed by atoms with Crippen LogP contribution in [0.3, 0.4) is 0 Å². The van der Waals surface area contributed by atoms with Gasteiger partial charge in [0.1, 0.15) is 17.4 Å². The maximum absolute atomic E-state index is 10.6. The highest BCUT2D eigenvalue weighted by Crippen LogP contribution is 2.22. The van der Waals surface area contributed by atoms with E-state index in [2.05, 4.69) is 22.1 Å². The van der Waals surface area contributed by atoms with E-state index in [0.717, 1.165) is 6.54 Å². The highest BCUT2D eigenvalue weighted by molar-refractivity contribution is 5.50. The minimum Gasteiger partial charge on any atom is -0.506 e. The Morgan fingerprint density at radius 3 is 2.11 bits per heavy atom. The molecule has 2 aliphatic heterocycles. The van der Waals surface area contributed by atoms with E-state index in [4.69, 9.17) is 0 Å². The number of hydrogen-bond acceptors (Lipinski definition) is 5. The van der Waals surface area contributed by atoms with E-state index in [0.29, 0.717) is 16.3 Å². The van der Waals surface area contributed by atoms with Gasteiger partial charge in [-0.3, -0.25) is 0 Å². The van der Waals surface area contributed by atoms with Gasteiger partial charge in [-0.05, 0) is 29.8 Å². The predicted molar refractivity (Wildman–Crippen MR) is 101 cm³/mol. The Balaban J connectivity index is 1.61. The smallest absolute Gasteiger partial charge is 0.175 e. The van der Waals surface area contributed by atoms with Crippen molar-refractivity contribution < 1.29 is 5.11 Å². The summed E-state index contributed by atoms with van der Waals surface area (Å²) in [4.78, 5) is 10.7. The molecule has 0 saturated heterocycles. The average molecular weight is 352 g/mol. The van der Waals surface area contributed by atoms with Gasteiger partial charge in [0.2, 0.25) is 0 Å². The minimum atomic E-state index is -0.125. The molecule has 2 aromatic carbocycles. The average Bonchev–Trinajstić information content (AvgIpc) is 3.13. The van der Waals surface area contributed by atoms with Gasteiger partial charge >= 0.3 is 0 Å². The number of fused-ring (bicyclic) bond motifs is 1. The van der Waals surface area contributed by atoms with Crippen LogP contribution in [0.15, 0.2) is 112 Å². The number of nitriles is 1. The van der Waals surface area contributed by atoms with Crippen molar-refractivity contribution in [1.29, 1.82) is 5.26 Å². The molecule has 0 saturated carbocycles. The number of para-hydroxylation sites is 2. The zero-order chi connectivity index (χ0) is 18.6. The van der Waals surface area contributed by atoms with E-state index in [1.54, 1.807) is 12.2 Å². The standard InChI is InChI=1S/C22H16N4O/c23-14-18(22-24-19-8-4-5-9-20(19)25-22)21(27)17-10-12-26(13-11-17)15-16-6-2-1-3-7-16/h1-13,27H,15H2. The molecule has 130 valence electrons. The summed E-state index contributed by atoms with van der Waals surface area (Å²) >= 11 is 0. The molecule has 0 aliphatic carbocycles. The monoisotopic (exact) mass is 352 g/mol. The number of aliphatic hydroxyl groups is 1. The van der Waals surface area contributed by atoms with Crippen molar-refractivity contribution in [3.63, 3.8) is 0 Å². The van der Waals surface area contributed by atoms with Gasteiger partial charge in [0.15, 0.2) is 5.82 Å². The summed E-state index contributed by atoms with van der Waals surface area (Å²) in [5.41, 5.74) is 1.79. The quantitative estimate of drug-likeness (QED) is 0.682. The van der Waals surface area contributed by atoms with Gasteiger partial charge < -0.3 is 10.0 Å². The molecule has 5 heteroatoms. The molecular weight excluding hydrogens is 336 g/mol. The van der Waals surface area contributed by atoms with Gasteiger partial charge in [0.05, 0.1) is 10.7 Å². The first kappa shape index (κ1) is 16.6. The van der Waals surface area contributed by atoms with Crippen molar-refractivity contribution in [3.8, 4) is 6.07 Å². The zero-order valence-corrected chi connectivity index (χ0v) is 14.4. The fraction of sp³-hybridized carbons (Fsp3) is 0.0455. The second kappa shape index (κ2) is 7.14. The summed E-state index contributed by atoms with van der Waals surface area (Å²) in [7, 11) is 0. The normalized spacial score (nSPS) is 14.3. The van der Waals surface area contributed by atoms with Crippen molar-refractivity contribution >= 4 is 0 Å². The SMILES string of the molecule is N#CC(=C1N=c2ccccc2=N1)C(O)=C1C=CN(Cc2ccccc2)C=C1. The Bertz CT molecular complexity index is 1110. The number of rotatable bonds is 3. The lowest BCUT2D eigenvalue weighted by Crippen LogP contribution is -2.19. The van der Waals surface area contributed by atoms with E-state index in [1.807, 2.05) is 65.8 Å². The first-order chi connectivity index (χ1) is 13.2. The number of hydrogen-bond donors (Lipinski definition) is 1. The molecule has 0 atom stereocenters. The highest BCUT2D eigenvalue weighted by Gasteiger charge is 2.16. The van der Waals surface area contributed by atoms with Gasteiger partial charge in [0, 0.05) is 24.5 Å². The molecule has 5 nitrogen and oxygen atoms in total. The number of nitrogens with zero attached hydrogens (tertiary/aromatic N) is 4. The lowest BCUT2D eigenvalue weighted by molar-refractivity contribution is 0.420. The third kappa shape index (κ3) is 3.42. The molecule has 0 aromatic heterocycles. The van der Waals surface area contributed by atoms with Gasteiger partial charge in [-0.15, -0.1) is 0 Å². The molecule has 2 aliphatic rings. The third-order valence-electron chi connectivity index (χ3n) is 4.28. The van der Waals surface area contributed by atoms with Crippen LogP contribution in [0.5, 0.6) is 0 Å². The van der Waals surface area contributed by atoms with Gasteiger partial charge in [0.25, 0.3) is 0 Å². The van der Waals surface area contributed by atoms with Gasteiger partial charge in [-0.2, -0.15) is 5.26 Å². The Morgan fingerprint density at radius 1 is 0.926 bits per heavy atom. The Labute approximate surface area is 156 Å². The van der Waals surface area contributed by atoms with E-state index in [1.165, 1.54) is 5.56 Å². The molecule has 2 heterocycles. The summed E-state index contributed by atoms with van der Waals surface area (Å²) in [6.45, 7) is 0.730. The highest BCUT2D eigenvalue weighted by atomic mass is 16.3. The van der Waals surface area contributed by atoms with Crippen LogP contribution in [0.2, 0.25) is 0 Å². The molecular formula is C22H16N4O. The molecule has 0 fully saturated rings. The van der Waals surface area contributed by atoms with Crippen molar-refractivity contribution in [1.82, 2.24) is 4.90 Å². The summed E-state index contributed by atoms with van der Waals surface area (Å²) in [6, 6.07) is 19.5. The topological polar surface area (TPSA) is 72.0 Å². The minimum absolute atomic E-state index is 0.0620. The number of allylic oxidation sites excluding steroid dienone is 4. The van der Waals surface area contributed by atoms with Crippen molar-refractivity contribution in [2.24, 2.45) is 9.98 Å². The van der Waals surface area contributed by atoms with Crippen LogP contribution in [-0.4, -0.2) is 10.0 Å². The molecule has 0 spiro atoms. The second-order valence-corrected chi connectivity index (χ2v) is 6.12. The van der Waals surface area contributed by atoms with Crippen molar-refractivity contribution in [2.45, 2.75) is 6.54 Å². The Morgan fingerprint density at radius 2 is 1.52 bits per heavy atom. The first-order valence-electron chi connectivity index (χ1n) is 8.51. The fourth-order valence-electron chi connectivity index (χ4n) is 2.89. The molecule has 0 bridgehead atoms. The fourth-order valence-corrected chi connectivity index (χ4v) is 2.89. The zero-order valence-electron chi connectivity index (χ0n) is 14.4. The van der Waals surface area contributed by atoms with E-state index in [-0.39, 0.29) is 17.2 Å². The van der Waals surface area contributed by atoms with Crippen LogP contribution >= 0.6 is 0 Å². The van der Waals surface area contributed by atoms with Crippen LogP contribution in [0, 0.1) is 11.3 Å². The van der Waals surface area contributed by atoms with E-state index in [9.17, 15) is 10.4 Å². The molecule has 0 unspecified atom stereocenters. The number of aliphatic hydroxyl groups excluding tert-OH is 1. The lowest BCUT2D eigenvalue weighted by Gasteiger charge is -2.19. The second-order valence-electron chi connectivity index (χ2n) is 6.12. The summed E-state index contributed by atoms with van der Waals surface area (Å²) in [5, 5.41) is 21.5. The Kier molecular flexibility index (Phi) is 4.38. The number of benzene rings is 2. The summed E-state index contributed by atoms with van der Waals surface area (Å²) < 4.78 is 0. The van der Waals surface area contributed by atoms with Crippen LogP contribution < -0.4 is 10.7 Å². The van der Waals surface area contributed by atoms with E-state index >= 15 is 0 Å². The molecule has 0 radical (unpaired) electrons. The van der Waals surface area contributed by atoms with Gasteiger partial charge in [-0.1, -0.05) is 42.5 Å².